The summed E-state index contributed by atoms with van der Waals surface area (Å²) in [6.45, 7) is 6.07. The summed E-state index contributed by atoms with van der Waals surface area (Å²) in [7, 11) is 0. The molecular formula is C18H26N2O4. The normalized spacial score (nSPS) is 20.0. The van der Waals surface area contributed by atoms with Crippen molar-refractivity contribution >= 4 is 5.91 Å². The standard InChI is InChI=1S/C18H26N2O4/c1-12(2)16(19)17(21)20-10-18(5-7-22-8-6-18)13-3-4-14-15(9-13)24-11-23-14/h3-4,9,12,16H,5-8,10-11,19H2,1-2H3,(H,20,21)/t16-/m0/s1. The van der Waals surface area contributed by atoms with Gasteiger partial charge in [0.2, 0.25) is 12.7 Å². The summed E-state index contributed by atoms with van der Waals surface area (Å²) >= 11 is 0. The third-order valence-electron chi connectivity index (χ3n) is 5.06. The average molecular weight is 334 g/mol. The Balaban J connectivity index is 1.79. The molecule has 0 radical (unpaired) electrons. The lowest BCUT2D eigenvalue weighted by Gasteiger charge is -2.38. The molecule has 24 heavy (non-hydrogen) atoms. The maximum absolute atomic E-state index is 12.3. The number of hydrogen-bond donors (Lipinski definition) is 2. The van der Waals surface area contributed by atoms with Gasteiger partial charge in [0, 0.05) is 25.2 Å². The molecule has 1 aromatic carbocycles. The van der Waals surface area contributed by atoms with E-state index in [0.29, 0.717) is 19.8 Å². The molecule has 2 aliphatic heterocycles. The quantitative estimate of drug-likeness (QED) is 0.854. The van der Waals surface area contributed by atoms with Crippen molar-refractivity contribution in [3.8, 4) is 11.5 Å². The van der Waals surface area contributed by atoms with Crippen LogP contribution in [0.2, 0.25) is 0 Å². The Morgan fingerprint density at radius 2 is 1.96 bits per heavy atom. The first-order valence-corrected chi connectivity index (χ1v) is 8.53. The fourth-order valence-corrected chi connectivity index (χ4v) is 3.23. The maximum atomic E-state index is 12.3. The van der Waals surface area contributed by atoms with Gasteiger partial charge in [-0.1, -0.05) is 19.9 Å². The zero-order valence-corrected chi connectivity index (χ0v) is 14.3. The van der Waals surface area contributed by atoms with Crippen LogP contribution in [-0.2, 0) is 14.9 Å². The van der Waals surface area contributed by atoms with Gasteiger partial charge in [0.25, 0.3) is 0 Å². The molecular weight excluding hydrogens is 308 g/mol. The predicted molar refractivity (Wildman–Crippen MR) is 90.1 cm³/mol. The van der Waals surface area contributed by atoms with Crippen molar-refractivity contribution in [2.45, 2.75) is 38.1 Å². The van der Waals surface area contributed by atoms with E-state index in [1.165, 1.54) is 0 Å². The van der Waals surface area contributed by atoms with Crippen LogP contribution >= 0.6 is 0 Å². The SMILES string of the molecule is CC(C)[C@H](N)C(=O)NCC1(c2ccc3c(c2)OCO3)CCOCC1. The van der Waals surface area contributed by atoms with Crippen LogP contribution in [0.4, 0.5) is 0 Å². The van der Waals surface area contributed by atoms with Gasteiger partial charge in [-0.15, -0.1) is 0 Å². The molecule has 1 aromatic rings. The average Bonchev–Trinajstić information content (AvgIpc) is 3.07. The second-order valence-electron chi connectivity index (χ2n) is 6.95. The fraction of sp³-hybridized carbons (Fsp3) is 0.611. The Morgan fingerprint density at radius 3 is 2.67 bits per heavy atom. The van der Waals surface area contributed by atoms with E-state index in [4.69, 9.17) is 19.9 Å². The molecule has 132 valence electrons. The van der Waals surface area contributed by atoms with Gasteiger partial charge in [-0.3, -0.25) is 4.79 Å². The molecule has 6 heteroatoms. The van der Waals surface area contributed by atoms with Gasteiger partial charge in [-0.2, -0.15) is 0 Å². The molecule has 3 rings (SSSR count). The number of carbonyl (C=O) groups excluding carboxylic acids is 1. The van der Waals surface area contributed by atoms with Gasteiger partial charge in [0.1, 0.15) is 0 Å². The highest BCUT2D eigenvalue weighted by Crippen LogP contribution is 2.40. The van der Waals surface area contributed by atoms with Crippen LogP contribution in [0.25, 0.3) is 0 Å². The molecule has 0 bridgehead atoms. The van der Waals surface area contributed by atoms with Crippen LogP contribution in [0.3, 0.4) is 0 Å². The van der Waals surface area contributed by atoms with Crippen molar-refractivity contribution < 1.29 is 19.0 Å². The van der Waals surface area contributed by atoms with Crippen LogP contribution < -0.4 is 20.5 Å². The van der Waals surface area contributed by atoms with Crippen LogP contribution in [0.15, 0.2) is 18.2 Å². The predicted octanol–water partition coefficient (Wildman–Crippen LogP) is 1.56. The maximum Gasteiger partial charge on any atom is 0.237 e. The molecule has 2 aliphatic rings. The minimum absolute atomic E-state index is 0.100. The molecule has 0 aliphatic carbocycles. The molecule has 0 saturated carbocycles. The molecule has 0 spiro atoms. The number of amides is 1. The van der Waals surface area contributed by atoms with Gasteiger partial charge < -0.3 is 25.3 Å². The van der Waals surface area contributed by atoms with Crippen molar-refractivity contribution in [1.82, 2.24) is 5.32 Å². The van der Waals surface area contributed by atoms with Crippen molar-refractivity contribution in [2.75, 3.05) is 26.6 Å². The van der Waals surface area contributed by atoms with Gasteiger partial charge >= 0.3 is 0 Å². The van der Waals surface area contributed by atoms with E-state index in [1.54, 1.807) is 0 Å². The van der Waals surface area contributed by atoms with E-state index in [1.807, 2.05) is 26.0 Å². The number of nitrogens with one attached hydrogen (secondary N) is 1. The Bertz CT molecular complexity index is 597. The third-order valence-corrected chi connectivity index (χ3v) is 5.06. The summed E-state index contributed by atoms with van der Waals surface area (Å²) in [5.74, 6) is 1.55. The number of carbonyl (C=O) groups is 1. The molecule has 0 aromatic heterocycles. The number of nitrogens with two attached hydrogens (primary N) is 1. The lowest BCUT2D eigenvalue weighted by Crippen LogP contribution is -2.50. The van der Waals surface area contributed by atoms with Crippen molar-refractivity contribution in [2.24, 2.45) is 11.7 Å². The van der Waals surface area contributed by atoms with Gasteiger partial charge in [0.05, 0.1) is 6.04 Å². The summed E-state index contributed by atoms with van der Waals surface area (Å²) in [6.07, 6.45) is 1.70. The highest BCUT2D eigenvalue weighted by molar-refractivity contribution is 5.81. The molecule has 6 nitrogen and oxygen atoms in total. The molecule has 1 amide bonds. The third kappa shape index (κ3) is 3.35. The first kappa shape index (κ1) is 17.0. The highest BCUT2D eigenvalue weighted by Gasteiger charge is 2.36. The second kappa shape index (κ2) is 6.99. The molecule has 0 unspecified atom stereocenters. The second-order valence-corrected chi connectivity index (χ2v) is 6.95. The van der Waals surface area contributed by atoms with Crippen molar-refractivity contribution in [3.05, 3.63) is 23.8 Å². The van der Waals surface area contributed by atoms with Gasteiger partial charge in [0.15, 0.2) is 11.5 Å². The summed E-state index contributed by atoms with van der Waals surface area (Å²) in [5, 5.41) is 3.05. The summed E-state index contributed by atoms with van der Waals surface area (Å²) < 4.78 is 16.4. The van der Waals surface area contributed by atoms with E-state index >= 15 is 0 Å². The van der Waals surface area contributed by atoms with Gasteiger partial charge in [-0.25, -0.2) is 0 Å². The lowest BCUT2D eigenvalue weighted by atomic mass is 9.74. The Labute approximate surface area is 142 Å². The van der Waals surface area contributed by atoms with Crippen LogP contribution in [0.1, 0.15) is 32.3 Å². The molecule has 2 heterocycles. The smallest absolute Gasteiger partial charge is 0.237 e. The lowest BCUT2D eigenvalue weighted by molar-refractivity contribution is -0.123. The summed E-state index contributed by atoms with van der Waals surface area (Å²) in [5.41, 5.74) is 6.94. The molecule has 3 N–H and O–H groups in total. The number of hydrogen-bond acceptors (Lipinski definition) is 5. The molecule has 1 saturated heterocycles. The zero-order valence-electron chi connectivity index (χ0n) is 14.3. The highest BCUT2D eigenvalue weighted by atomic mass is 16.7. The van der Waals surface area contributed by atoms with E-state index in [9.17, 15) is 4.79 Å². The first-order chi connectivity index (χ1) is 11.5. The topological polar surface area (TPSA) is 82.8 Å². The monoisotopic (exact) mass is 334 g/mol. The molecule has 1 atom stereocenters. The van der Waals surface area contributed by atoms with Gasteiger partial charge in [-0.05, 0) is 36.5 Å². The minimum atomic E-state index is -0.487. The van der Waals surface area contributed by atoms with Crippen LogP contribution in [0.5, 0.6) is 11.5 Å². The Hall–Kier alpha value is -1.79. The largest absolute Gasteiger partial charge is 0.454 e. The summed E-state index contributed by atoms with van der Waals surface area (Å²) in [6, 6.07) is 5.55. The molecule has 1 fully saturated rings. The summed E-state index contributed by atoms with van der Waals surface area (Å²) in [4.78, 5) is 12.3. The van der Waals surface area contributed by atoms with E-state index in [0.717, 1.165) is 29.9 Å². The zero-order chi connectivity index (χ0) is 17.2. The Morgan fingerprint density at radius 1 is 1.25 bits per heavy atom. The van der Waals surface area contributed by atoms with Crippen LogP contribution in [-0.4, -0.2) is 38.5 Å². The van der Waals surface area contributed by atoms with Crippen molar-refractivity contribution in [1.29, 1.82) is 0 Å². The number of fused-ring (bicyclic) bond motifs is 1. The Kier molecular flexibility index (Phi) is 4.96. The number of rotatable bonds is 5. The fourth-order valence-electron chi connectivity index (χ4n) is 3.23. The van der Waals surface area contributed by atoms with Crippen LogP contribution in [0, 0.1) is 5.92 Å². The van der Waals surface area contributed by atoms with E-state index < -0.39 is 6.04 Å². The number of benzene rings is 1. The van der Waals surface area contributed by atoms with E-state index in [-0.39, 0.29) is 24.0 Å². The minimum Gasteiger partial charge on any atom is -0.454 e. The number of ether oxygens (including phenoxy) is 3. The first-order valence-electron chi connectivity index (χ1n) is 8.53. The van der Waals surface area contributed by atoms with E-state index in [2.05, 4.69) is 11.4 Å². The van der Waals surface area contributed by atoms with Crippen molar-refractivity contribution in [3.63, 3.8) is 0 Å².